The van der Waals surface area contributed by atoms with Gasteiger partial charge in [0.05, 0.1) is 24.0 Å². The topological polar surface area (TPSA) is 63.8 Å². The molecule has 0 saturated carbocycles. The molecule has 5 heteroatoms. The number of aromatic nitrogens is 4. The lowest BCUT2D eigenvalue weighted by Gasteiger charge is -2.15. The van der Waals surface area contributed by atoms with E-state index in [0.29, 0.717) is 5.92 Å². The van der Waals surface area contributed by atoms with Gasteiger partial charge in [0.2, 0.25) is 0 Å². The lowest BCUT2D eigenvalue weighted by atomic mass is 10.0. The van der Waals surface area contributed by atoms with Crippen LogP contribution in [0.1, 0.15) is 69.2 Å². The first kappa shape index (κ1) is 19.5. The zero-order valence-electron chi connectivity index (χ0n) is 17.2. The molecule has 0 radical (unpaired) electrons. The lowest BCUT2D eigenvalue weighted by molar-refractivity contribution is 0.241. The van der Waals surface area contributed by atoms with E-state index in [1.807, 2.05) is 24.6 Å². The van der Waals surface area contributed by atoms with Gasteiger partial charge in [-0.3, -0.25) is 4.98 Å². The Bertz CT molecular complexity index is 959. The summed E-state index contributed by atoms with van der Waals surface area (Å²) in [7, 11) is 0. The SMILES string of the molecule is CCc1nc(C(C)C)ccc1-c1nc2c(C)cn([C@@H](C)CO)c2nc1CC. The molecule has 0 saturated heterocycles. The van der Waals surface area contributed by atoms with Crippen LogP contribution >= 0.6 is 0 Å². The first-order chi connectivity index (χ1) is 12.9. The van der Waals surface area contributed by atoms with Gasteiger partial charge in [0.15, 0.2) is 5.65 Å². The van der Waals surface area contributed by atoms with Crippen LogP contribution in [0, 0.1) is 6.92 Å². The van der Waals surface area contributed by atoms with Gasteiger partial charge in [0.25, 0.3) is 0 Å². The Morgan fingerprint density at radius 3 is 2.30 bits per heavy atom. The van der Waals surface area contributed by atoms with Crippen molar-refractivity contribution < 1.29 is 5.11 Å². The van der Waals surface area contributed by atoms with Crippen molar-refractivity contribution in [2.75, 3.05) is 6.61 Å². The van der Waals surface area contributed by atoms with Crippen molar-refractivity contribution in [2.45, 2.75) is 66.3 Å². The Labute approximate surface area is 161 Å². The summed E-state index contributed by atoms with van der Waals surface area (Å²) in [6, 6.07) is 4.24. The van der Waals surface area contributed by atoms with Crippen LogP contribution in [0.3, 0.4) is 0 Å². The van der Waals surface area contributed by atoms with Gasteiger partial charge in [0, 0.05) is 23.1 Å². The first-order valence-corrected chi connectivity index (χ1v) is 9.90. The second-order valence-corrected chi connectivity index (χ2v) is 7.53. The summed E-state index contributed by atoms with van der Waals surface area (Å²) in [6.45, 7) is 12.7. The highest BCUT2D eigenvalue weighted by Crippen LogP contribution is 2.30. The predicted octanol–water partition coefficient (Wildman–Crippen LogP) is 4.60. The van der Waals surface area contributed by atoms with Gasteiger partial charge in [-0.15, -0.1) is 0 Å². The summed E-state index contributed by atoms with van der Waals surface area (Å²) in [5.41, 5.74) is 7.99. The molecule has 3 aromatic heterocycles. The maximum Gasteiger partial charge on any atom is 0.159 e. The molecule has 0 unspecified atom stereocenters. The summed E-state index contributed by atoms with van der Waals surface area (Å²) in [6.07, 6.45) is 3.70. The fraction of sp³-hybridized carbons (Fsp3) is 0.500. The van der Waals surface area contributed by atoms with E-state index >= 15 is 0 Å². The molecule has 0 amide bonds. The zero-order valence-corrected chi connectivity index (χ0v) is 17.2. The number of aliphatic hydroxyl groups is 1. The molecule has 0 aliphatic rings. The average Bonchev–Trinajstić information content (AvgIpc) is 3.01. The number of fused-ring (bicyclic) bond motifs is 1. The van der Waals surface area contributed by atoms with Crippen molar-refractivity contribution in [3.63, 3.8) is 0 Å². The minimum absolute atomic E-state index is 0.0238. The second kappa shape index (κ2) is 7.77. The number of aliphatic hydroxyl groups excluding tert-OH is 1. The van der Waals surface area contributed by atoms with Crippen molar-refractivity contribution in [2.24, 2.45) is 0 Å². The normalized spacial score (nSPS) is 12.9. The quantitative estimate of drug-likeness (QED) is 0.692. The summed E-state index contributed by atoms with van der Waals surface area (Å²) in [5.74, 6) is 0.403. The van der Waals surface area contributed by atoms with Crippen LogP contribution in [0.5, 0.6) is 0 Å². The van der Waals surface area contributed by atoms with Crippen LogP contribution in [0.15, 0.2) is 18.3 Å². The van der Waals surface area contributed by atoms with Crippen LogP contribution in [-0.4, -0.2) is 31.2 Å². The van der Waals surface area contributed by atoms with Crippen LogP contribution in [0.4, 0.5) is 0 Å². The Hall–Kier alpha value is -2.27. The molecule has 0 spiro atoms. The van der Waals surface area contributed by atoms with Crippen molar-refractivity contribution in [1.29, 1.82) is 0 Å². The Morgan fingerprint density at radius 1 is 1.00 bits per heavy atom. The summed E-state index contributed by atoms with van der Waals surface area (Å²) >= 11 is 0. The fourth-order valence-corrected chi connectivity index (χ4v) is 3.45. The molecule has 1 N–H and O–H groups in total. The Morgan fingerprint density at radius 2 is 1.70 bits per heavy atom. The lowest BCUT2D eigenvalue weighted by Crippen LogP contribution is -2.10. The van der Waals surface area contributed by atoms with Crippen molar-refractivity contribution >= 4 is 11.2 Å². The van der Waals surface area contributed by atoms with Crippen molar-refractivity contribution in [3.05, 3.63) is 41.0 Å². The number of pyridine rings is 1. The molecule has 3 heterocycles. The zero-order chi connectivity index (χ0) is 19.7. The summed E-state index contributed by atoms with van der Waals surface area (Å²) in [4.78, 5) is 14.9. The highest BCUT2D eigenvalue weighted by molar-refractivity contribution is 5.80. The van der Waals surface area contributed by atoms with E-state index in [1.54, 1.807) is 0 Å². The third kappa shape index (κ3) is 3.48. The van der Waals surface area contributed by atoms with Gasteiger partial charge in [0.1, 0.15) is 5.52 Å². The van der Waals surface area contributed by atoms with Crippen LogP contribution in [-0.2, 0) is 12.8 Å². The fourth-order valence-electron chi connectivity index (χ4n) is 3.45. The largest absolute Gasteiger partial charge is 0.394 e. The number of aryl methyl sites for hydroxylation is 3. The van der Waals surface area contributed by atoms with Crippen LogP contribution in [0.2, 0.25) is 0 Å². The molecular formula is C22H30N4O. The molecule has 1 atom stereocenters. The number of rotatable bonds is 6. The summed E-state index contributed by atoms with van der Waals surface area (Å²) in [5, 5.41) is 9.58. The molecule has 144 valence electrons. The average molecular weight is 367 g/mol. The maximum absolute atomic E-state index is 9.58. The minimum atomic E-state index is -0.0238. The van der Waals surface area contributed by atoms with Gasteiger partial charge in [-0.05, 0) is 50.3 Å². The molecular weight excluding hydrogens is 336 g/mol. The molecule has 3 rings (SSSR count). The number of nitrogens with zero attached hydrogens (tertiary/aromatic N) is 4. The molecule has 5 nitrogen and oxygen atoms in total. The number of hydrogen-bond acceptors (Lipinski definition) is 4. The Balaban J connectivity index is 2.25. The van der Waals surface area contributed by atoms with E-state index in [1.165, 1.54) is 0 Å². The highest BCUT2D eigenvalue weighted by atomic mass is 16.3. The van der Waals surface area contributed by atoms with Gasteiger partial charge in [-0.2, -0.15) is 0 Å². The minimum Gasteiger partial charge on any atom is -0.394 e. The predicted molar refractivity (Wildman–Crippen MR) is 110 cm³/mol. The highest BCUT2D eigenvalue weighted by Gasteiger charge is 2.19. The Kier molecular flexibility index (Phi) is 5.61. The van der Waals surface area contributed by atoms with Crippen molar-refractivity contribution in [1.82, 2.24) is 19.5 Å². The van der Waals surface area contributed by atoms with Gasteiger partial charge in [-0.1, -0.05) is 27.7 Å². The molecule has 3 aromatic rings. The van der Waals surface area contributed by atoms with Crippen LogP contribution < -0.4 is 0 Å². The van der Waals surface area contributed by atoms with E-state index in [0.717, 1.165) is 57.9 Å². The monoisotopic (exact) mass is 366 g/mol. The summed E-state index contributed by atoms with van der Waals surface area (Å²) < 4.78 is 2.03. The van der Waals surface area contributed by atoms with Gasteiger partial charge in [-0.25, -0.2) is 9.97 Å². The first-order valence-electron chi connectivity index (χ1n) is 9.90. The molecule has 0 fully saturated rings. The van der Waals surface area contributed by atoms with Gasteiger partial charge >= 0.3 is 0 Å². The third-order valence-electron chi connectivity index (χ3n) is 5.15. The standard InChI is InChI=1S/C22H30N4O/c1-7-17-16(9-10-19(23-17)13(3)4)21-18(8-2)24-22-20(25-21)14(5)11-26(22)15(6)12-27/h9-11,13,15,27H,7-8,12H2,1-6H3/t15-/m0/s1. The molecule has 0 aromatic carbocycles. The molecule has 0 aliphatic heterocycles. The van der Waals surface area contributed by atoms with Crippen LogP contribution in [0.25, 0.3) is 22.4 Å². The smallest absolute Gasteiger partial charge is 0.159 e. The number of hydrogen-bond donors (Lipinski definition) is 1. The van der Waals surface area contributed by atoms with E-state index in [9.17, 15) is 5.11 Å². The molecule has 0 aliphatic carbocycles. The third-order valence-corrected chi connectivity index (χ3v) is 5.15. The van der Waals surface area contributed by atoms with Crippen molar-refractivity contribution in [3.8, 4) is 11.3 Å². The van der Waals surface area contributed by atoms with Gasteiger partial charge < -0.3 is 9.67 Å². The maximum atomic E-state index is 9.58. The van der Waals surface area contributed by atoms with E-state index in [2.05, 4.69) is 39.8 Å². The van der Waals surface area contributed by atoms with E-state index < -0.39 is 0 Å². The van der Waals surface area contributed by atoms with E-state index in [4.69, 9.17) is 15.0 Å². The van der Waals surface area contributed by atoms with E-state index in [-0.39, 0.29) is 12.6 Å². The molecule has 27 heavy (non-hydrogen) atoms. The molecule has 0 bridgehead atoms. The second-order valence-electron chi connectivity index (χ2n) is 7.53.